The Balaban J connectivity index is 1.51. The van der Waals surface area contributed by atoms with E-state index < -0.39 is 0 Å². The molecule has 0 aliphatic heterocycles. The van der Waals surface area contributed by atoms with E-state index in [1.54, 1.807) is 31.4 Å². The fourth-order valence-corrected chi connectivity index (χ4v) is 4.84. The molecule has 2 aromatic carbocycles. The van der Waals surface area contributed by atoms with Crippen LogP contribution in [0.4, 0.5) is 4.39 Å². The molecule has 4 aromatic rings. The summed E-state index contributed by atoms with van der Waals surface area (Å²) in [6.45, 7) is 8.30. The Morgan fingerprint density at radius 3 is 2.28 bits per heavy atom. The Morgan fingerprint density at radius 2 is 1.59 bits per heavy atom. The zero-order valence-corrected chi connectivity index (χ0v) is 23.3. The Morgan fingerprint density at radius 1 is 0.872 bits per heavy atom. The normalized spacial score (nSPS) is 11.3. The molecule has 5 nitrogen and oxygen atoms in total. The molecule has 4 rings (SSSR count). The van der Waals surface area contributed by atoms with E-state index in [0.717, 1.165) is 42.7 Å². The van der Waals surface area contributed by atoms with Crippen molar-refractivity contribution in [2.75, 3.05) is 33.4 Å². The fraction of sp³-hybridized carbons (Fsp3) is 0.364. The van der Waals surface area contributed by atoms with Crippen molar-refractivity contribution >= 4 is 11.3 Å². The summed E-state index contributed by atoms with van der Waals surface area (Å²) in [7, 11) is 1.59. The van der Waals surface area contributed by atoms with Gasteiger partial charge in [0.2, 0.25) is 5.78 Å². The van der Waals surface area contributed by atoms with Crippen LogP contribution in [0.5, 0.6) is 11.5 Å². The largest absolute Gasteiger partial charge is 0.493 e. The van der Waals surface area contributed by atoms with E-state index >= 15 is 0 Å². The van der Waals surface area contributed by atoms with Crippen LogP contribution in [0.1, 0.15) is 62.0 Å². The average Bonchev–Trinajstić information content (AvgIpc) is 3.35. The summed E-state index contributed by atoms with van der Waals surface area (Å²) in [4.78, 5) is 16.4. The average molecular weight is 531 g/mol. The smallest absolute Gasteiger partial charge is 0.210 e. The summed E-state index contributed by atoms with van der Waals surface area (Å²) < 4.78 is 27.2. The molecule has 2 heterocycles. The minimum Gasteiger partial charge on any atom is -0.493 e. The molecule has 39 heavy (non-hydrogen) atoms. The van der Waals surface area contributed by atoms with Gasteiger partial charge in [0.05, 0.1) is 13.7 Å². The Labute approximate surface area is 231 Å². The van der Waals surface area contributed by atoms with E-state index in [9.17, 15) is 9.18 Å². The number of rotatable bonds is 15. The summed E-state index contributed by atoms with van der Waals surface area (Å²) in [5, 5.41) is 0. The van der Waals surface area contributed by atoms with Gasteiger partial charge in [-0.15, -0.1) is 0 Å². The van der Waals surface area contributed by atoms with Crippen LogP contribution in [0, 0.1) is 5.82 Å². The van der Waals surface area contributed by atoms with E-state index in [1.165, 1.54) is 37.8 Å². The molecule has 0 fully saturated rings. The third-order valence-electron chi connectivity index (χ3n) is 7.01. The van der Waals surface area contributed by atoms with Gasteiger partial charge in [0.15, 0.2) is 11.5 Å². The first-order chi connectivity index (χ1) is 19.0. The molecule has 206 valence electrons. The van der Waals surface area contributed by atoms with Crippen molar-refractivity contribution in [3.05, 3.63) is 90.0 Å². The van der Waals surface area contributed by atoms with Gasteiger partial charge in [0.1, 0.15) is 11.5 Å². The first-order valence-corrected chi connectivity index (χ1v) is 14.0. The quantitative estimate of drug-likeness (QED) is 0.117. The van der Waals surface area contributed by atoms with Crippen LogP contribution in [0.3, 0.4) is 0 Å². The van der Waals surface area contributed by atoms with E-state index in [0.29, 0.717) is 29.4 Å². The van der Waals surface area contributed by atoms with Crippen LogP contribution in [0.15, 0.2) is 72.9 Å². The van der Waals surface area contributed by atoms with Gasteiger partial charge in [-0.25, -0.2) is 4.39 Å². The number of hydrogen-bond acceptors (Lipinski definition) is 4. The number of fused-ring (bicyclic) bond motifs is 1. The van der Waals surface area contributed by atoms with Crippen molar-refractivity contribution < 1.29 is 18.7 Å². The lowest BCUT2D eigenvalue weighted by molar-refractivity contribution is 0.103. The number of unbranched alkanes of at least 4 members (excludes halogenated alkanes) is 2. The highest BCUT2D eigenvalue weighted by Gasteiger charge is 2.22. The molecule has 0 unspecified atom stereocenters. The highest BCUT2D eigenvalue weighted by Crippen LogP contribution is 2.33. The monoisotopic (exact) mass is 530 g/mol. The molecule has 0 aliphatic carbocycles. The van der Waals surface area contributed by atoms with Gasteiger partial charge in [-0.05, 0) is 86.4 Å². The number of halogens is 1. The van der Waals surface area contributed by atoms with Crippen molar-refractivity contribution in [2.45, 2.75) is 46.0 Å². The molecule has 0 bridgehead atoms. The summed E-state index contributed by atoms with van der Waals surface area (Å²) >= 11 is 0. The Hall–Kier alpha value is -3.64. The summed E-state index contributed by atoms with van der Waals surface area (Å²) in [5.41, 5.74) is 3.44. The van der Waals surface area contributed by atoms with Gasteiger partial charge in [0, 0.05) is 29.4 Å². The highest BCUT2D eigenvalue weighted by atomic mass is 19.1. The van der Waals surface area contributed by atoms with Crippen molar-refractivity contribution in [1.82, 2.24) is 9.30 Å². The summed E-state index contributed by atoms with van der Waals surface area (Å²) in [6, 6.07) is 19.3. The van der Waals surface area contributed by atoms with Gasteiger partial charge in [-0.3, -0.25) is 4.79 Å². The molecule has 0 spiro atoms. The number of ketones is 1. The lowest BCUT2D eigenvalue weighted by Crippen LogP contribution is -2.28. The highest BCUT2D eigenvalue weighted by molar-refractivity contribution is 6.13. The first-order valence-electron chi connectivity index (χ1n) is 14.0. The topological polar surface area (TPSA) is 43.2 Å². The van der Waals surface area contributed by atoms with Gasteiger partial charge >= 0.3 is 0 Å². The molecular weight excluding hydrogens is 491 g/mol. The van der Waals surface area contributed by atoms with Crippen LogP contribution in [0.2, 0.25) is 0 Å². The number of methoxy groups -OCH3 is 1. The molecule has 0 aliphatic rings. The minimum atomic E-state index is -0.314. The zero-order chi connectivity index (χ0) is 27.6. The number of carbonyl (C=O) groups is 1. The van der Waals surface area contributed by atoms with Gasteiger partial charge in [-0.1, -0.05) is 44.9 Å². The van der Waals surface area contributed by atoms with Crippen molar-refractivity contribution in [1.29, 1.82) is 0 Å². The second-order valence-electron chi connectivity index (χ2n) is 9.85. The zero-order valence-electron chi connectivity index (χ0n) is 23.3. The van der Waals surface area contributed by atoms with Crippen molar-refractivity contribution in [2.24, 2.45) is 0 Å². The molecule has 0 amide bonds. The molecule has 2 aromatic heterocycles. The van der Waals surface area contributed by atoms with E-state index in [-0.39, 0.29) is 11.6 Å². The maximum atomic E-state index is 13.9. The van der Waals surface area contributed by atoms with Crippen LogP contribution < -0.4 is 9.47 Å². The lowest BCUT2D eigenvalue weighted by atomic mass is 10.00. The number of benzene rings is 2. The second kappa shape index (κ2) is 13.9. The van der Waals surface area contributed by atoms with Crippen LogP contribution in [-0.4, -0.2) is 48.4 Å². The minimum absolute atomic E-state index is 0.145. The summed E-state index contributed by atoms with van der Waals surface area (Å²) in [5.74, 6) is 0.693. The Kier molecular flexibility index (Phi) is 10.1. The number of ether oxygens (including phenoxy) is 2. The number of carbonyl (C=O) groups excluding carboxylic acids is 1. The molecule has 0 atom stereocenters. The SMILES string of the molecule is CCCCN(CCCC)CCCOc1ccc(C(=O)c2c(-c3ccc(F)cc3)cc3ccccn23)cc1OC. The number of aromatic nitrogens is 1. The maximum Gasteiger partial charge on any atom is 0.210 e. The third kappa shape index (κ3) is 7.07. The molecular formula is C33H39FN2O3. The lowest BCUT2D eigenvalue weighted by Gasteiger charge is -2.22. The van der Waals surface area contributed by atoms with E-state index in [4.69, 9.17) is 9.47 Å². The third-order valence-corrected chi connectivity index (χ3v) is 7.01. The maximum absolute atomic E-state index is 13.9. The van der Waals surface area contributed by atoms with E-state index in [1.807, 2.05) is 40.9 Å². The van der Waals surface area contributed by atoms with E-state index in [2.05, 4.69) is 18.7 Å². The predicted octanol–water partition coefficient (Wildman–Crippen LogP) is 7.66. The molecule has 0 N–H and O–H groups in total. The van der Waals surface area contributed by atoms with Crippen molar-refractivity contribution in [3.63, 3.8) is 0 Å². The fourth-order valence-electron chi connectivity index (χ4n) is 4.84. The number of pyridine rings is 1. The van der Waals surface area contributed by atoms with Crippen LogP contribution in [-0.2, 0) is 0 Å². The predicted molar refractivity (Wildman–Crippen MR) is 156 cm³/mol. The first kappa shape index (κ1) is 28.4. The van der Waals surface area contributed by atoms with Crippen molar-refractivity contribution in [3.8, 4) is 22.6 Å². The Bertz CT molecular complexity index is 1360. The molecule has 0 saturated heterocycles. The van der Waals surface area contributed by atoms with Crippen LogP contribution >= 0.6 is 0 Å². The van der Waals surface area contributed by atoms with Gasteiger partial charge in [-0.2, -0.15) is 0 Å². The number of hydrogen-bond donors (Lipinski definition) is 0. The second-order valence-corrected chi connectivity index (χ2v) is 9.85. The van der Waals surface area contributed by atoms with Gasteiger partial charge in [0.25, 0.3) is 0 Å². The molecule has 6 heteroatoms. The van der Waals surface area contributed by atoms with Crippen LogP contribution in [0.25, 0.3) is 16.6 Å². The number of nitrogens with zero attached hydrogens (tertiary/aromatic N) is 2. The summed E-state index contributed by atoms with van der Waals surface area (Å²) in [6.07, 6.45) is 7.63. The molecule has 0 saturated carbocycles. The standard InChI is InChI=1S/C33H39FN2O3/c1-4-6-18-35(19-7-5-2)20-10-22-39-30-17-14-26(23-31(30)38-3)33(37)32-29(25-12-15-27(34)16-13-25)24-28-11-8-9-21-36(28)32/h8-9,11-17,21,23-24H,4-7,10,18-20,22H2,1-3H3. The molecule has 0 radical (unpaired) electrons. The van der Waals surface area contributed by atoms with Gasteiger partial charge < -0.3 is 18.8 Å².